The van der Waals surface area contributed by atoms with Crippen LogP contribution in [0.3, 0.4) is 0 Å². The highest BCUT2D eigenvalue weighted by molar-refractivity contribution is 6.29. The van der Waals surface area contributed by atoms with Gasteiger partial charge in [-0.2, -0.15) is 5.10 Å². The van der Waals surface area contributed by atoms with Gasteiger partial charge in [0.1, 0.15) is 5.15 Å². The van der Waals surface area contributed by atoms with Crippen LogP contribution in [0, 0.1) is 0 Å². The topological polar surface area (TPSA) is 34.9 Å². The minimum atomic E-state index is -0.119. The first kappa shape index (κ1) is 10.2. The van der Waals surface area contributed by atoms with Crippen LogP contribution < -0.4 is 5.56 Å². The monoisotopic (exact) mass is 174 g/mol. The molecule has 0 aliphatic carbocycles. The molecule has 0 fully saturated rings. The van der Waals surface area contributed by atoms with Gasteiger partial charge in [-0.25, -0.2) is 4.68 Å². The van der Waals surface area contributed by atoms with Crippen molar-refractivity contribution in [1.29, 1.82) is 0 Å². The van der Waals surface area contributed by atoms with E-state index < -0.39 is 0 Å². The van der Waals surface area contributed by atoms with Crippen LogP contribution >= 0.6 is 11.6 Å². The second-order valence-corrected chi connectivity index (χ2v) is 2.20. The van der Waals surface area contributed by atoms with Gasteiger partial charge in [-0.05, 0) is 13.0 Å². The maximum Gasteiger partial charge on any atom is 0.266 e. The Morgan fingerprint density at radius 2 is 2.27 bits per heavy atom. The van der Waals surface area contributed by atoms with E-state index in [0.717, 1.165) is 0 Å². The SMILES string of the molecule is C.CCn1nc(Cl)ccc1=O. The fraction of sp³-hybridized carbons (Fsp3) is 0.429. The van der Waals surface area contributed by atoms with Gasteiger partial charge in [-0.1, -0.05) is 19.0 Å². The first-order chi connectivity index (χ1) is 4.74. The molecule has 1 aromatic heterocycles. The van der Waals surface area contributed by atoms with Crippen molar-refractivity contribution >= 4 is 11.6 Å². The van der Waals surface area contributed by atoms with Gasteiger partial charge in [-0.15, -0.1) is 0 Å². The molecule has 0 saturated carbocycles. The molecule has 0 radical (unpaired) electrons. The van der Waals surface area contributed by atoms with Crippen molar-refractivity contribution in [2.24, 2.45) is 0 Å². The molecule has 0 atom stereocenters. The average molecular weight is 175 g/mol. The van der Waals surface area contributed by atoms with Gasteiger partial charge >= 0.3 is 0 Å². The molecule has 0 unspecified atom stereocenters. The molecule has 1 heterocycles. The summed E-state index contributed by atoms with van der Waals surface area (Å²) in [5, 5.41) is 4.11. The van der Waals surface area contributed by atoms with Gasteiger partial charge in [0.25, 0.3) is 5.56 Å². The zero-order valence-electron chi connectivity index (χ0n) is 5.54. The molecular formula is C7H11ClN2O. The van der Waals surface area contributed by atoms with Crippen LogP contribution in [-0.2, 0) is 6.54 Å². The second-order valence-electron chi connectivity index (χ2n) is 1.81. The van der Waals surface area contributed by atoms with E-state index in [1.54, 1.807) is 0 Å². The van der Waals surface area contributed by atoms with Crippen molar-refractivity contribution < 1.29 is 0 Å². The number of halogens is 1. The molecule has 1 rings (SSSR count). The van der Waals surface area contributed by atoms with Crippen molar-refractivity contribution in [3.8, 4) is 0 Å². The zero-order valence-corrected chi connectivity index (χ0v) is 6.30. The maximum atomic E-state index is 10.8. The van der Waals surface area contributed by atoms with Crippen LogP contribution in [0.2, 0.25) is 5.15 Å². The summed E-state index contributed by atoms with van der Waals surface area (Å²) in [7, 11) is 0. The average Bonchev–Trinajstić information content (AvgIpc) is 1.94. The van der Waals surface area contributed by atoms with Crippen molar-refractivity contribution in [1.82, 2.24) is 9.78 Å². The lowest BCUT2D eigenvalue weighted by Crippen LogP contribution is -2.20. The Morgan fingerprint density at radius 1 is 1.64 bits per heavy atom. The number of hydrogen-bond donors (Lipinski definition) is 0. The predicted octanol–water partition coefficient (Wildman–Crippen LogP) is 1.55. The standard InChI is InChI=1S/C6H7ClN2O.CH4/c1-2-9-6(10)4-3-5(7)8-9;/h3-4H,2H2,1H3;1H4. The van der Waals surface area contributed by atoms with Crippen LogP contribution in [0.25, 0.3) is 0 Å². The van der Waals surface area contributed by atoms with Crippen molar-refractivity contribution in [2.75, 3.05) is 0 Å². The van der Waals surface area contributed by atoms with E-state index in [1.807, 2.05) is 6.92 Å². The van der Waals surface area contributed by atoms with Crippen molar-refractivity contribution in [3.63, 3.8) is 0 Å². The maximum absolute atomic E-state index is 10.8. The molecule has 0 bridgehead atoms. The lowest BCUT2D eigenvalue weighted by molar-refractivity contribution is 0.616. The third-order valence-electron chi connectivity index (χ3n) is 1.13. The minimum absolute atomic E-state index is 0. The Labute approximate surface area is 70.6 Å². The summed E-state index contributed by atoms with van der Waals surface area (Å²) in [6.45, 7) is 2.39. The largest absolute Gasteiger partial charge is 0.268 e. The highest BCUT2D eigenvalue weighted by atomic mass is 35.5. The van der Waals surface area contributed by atoms with Crippen LogP contribution in [-0.4, -0.2) is 9.78 Å². The Kier molecular flexibility index (Phi) is 3.82. The predicted molar refractivity (Wildman–Crippen MR) is 45.9 cm³/mol. The third-order valence-corrected chi connectivity index (χ3v) is 1.34. The first-order valence-electron chi connectivity index (χ1n) is 2.97. The number of aryl methyl sites for hydroxylation is 1. The van der Waals surface area contributed by atoms with Gasteiger partial charge in [0, 0.05) is 12.6 Å². The summed E-state index contributed by atoms with van der Waals surface area (Å²) in [5.74, 6) is 0. The van der Waals surface area contributed by atoms with E-state index in [1.165, 1.54) is 16.8 Å². The lowest BCUT2D eigenvalue weighted by Gasteiger charge is -1.97. The molecule has 0 N–H and O–H groups in total. The molecule has 0 saturated heterocycles. The lowest BCUT2D eigenvalue weighted by atomic mass is 10.6. The first-order valence-corrected chi connectivity index (χ1v) is 3.35. The molecule has 3 nitrogen and oxygen atoms in total. The van der Waals surface area contributed by atoms with E-state index in [9.17, 15) is 4.79 Å². The molecular weight excluding hydrogens is 164 g/mol. The van der Waals surface area contributed by atoms with E-state index >= 15 is 0 Å². The number of aromatic nitrogens is 2. The fourth-order valence-corrected chi connectivity index (χ4v) is 0.805. The third kappa shape index (κ3) is 2.35. The fourth-order valence-electron chi connectivity index (χ4n) is 0.651. The van der Waals surface area contributed by atoms with Gasteiger partial charge in [0.15, 0.2) is 0 Å². The Bertz CT molecular complexity index is 282. The summed E-state index contributed by atoms with van der Waals surface area (Å²) in [4.78, 5) is 10.8. The molecule has 0 aliphatic rings. The van der Waals surface area contributed by atoms with E-state index in [4.69, 9.17) is 11.6 Å². The Hall–Kier alpha value is -0.830. The smallest absolute Gasteiger partial charge is 0.266 e. The van der Waals surface area contributed by atoms with Gasteiger partial charge in [0.05, 0.1) is 0 Å². The molecule has 0 amide bonds. The number of nitrogens with zero attached hydrogens (tertiary/aromatic N) is 2. The summed E-state index contributed by atoms with van der Waals surface area (Å²) < 4.78 is 1.31. The van der Waals surface area contributed by atoms with Crippen LogP contribution in [0.5, 0.6) is 0 Å². The summed E-state index contributed by atoms with van der Waals surface area (Å²) >= 11 is 5.52. The summed E-state index contributed by atoms with van der Waals surface area (Å²) in [5.41, 5.74) is -0.119. The van der Waals surface area contributed by atoms with Crippen LogP contribution in [0.4, 0.5) is 0 Å². The van der Waals surface area contributed by atoms with Gasteiger partial charge in [0.2, 0.25) is 0 Å². The molecule has 0 aliphatic heterocycles. The molecule has 1 aromatic rings. The molecule has 4 heteroatoms. The number of hydrogen-bond acceptors (Lipinski definition) is 2. The highest BCUT2D eigenvalue weighted by Gasteiger charge is 1.93. The van der Waals surface area contributed by atoms with E-state index in [0.29, 0.717) is 11.7 Å². The second kappa shape index (κ2) is 4.13. The zero-order chi connectivity index (χ0) is 7.56. The van der Waals surface area contributed by atoms with Crippen LogP contribution in [0.1, 0.15) is 14.4 Å². The van der Waals surface area contributed by atoms with Gasteiger partial charge < -0.3 is 0 Å². The van der Waals surface area contributed by atoms with Gasteiger partial charge in [-0.3, -0.25) is 4.79 Å². The van der Waals surface area contributed by atoms with Crippen molar-refractivity contribution in [3.05, 3.63) is 27.6 Å². The molecule has 0 spiro atoms. The molecule has 11 heavy (non-hydrogen) atoms. The van der Waals surface area contributed by atoms with E-state index in [-0.39, 0.29) is 13.0 Å². The Balaban J connectivity index is 0.000001000. The van der Waals surface area contributed by atoms with Crippen LogP contribution in [0.15, 0.2) is 16.9 Å². The summed E-state index contributed by atoms with van der Waals surface area (Å²) in [6, 6.07) is 2.88. The molecule has 62 valence electrons. The van der Waals surface area contributed by atoms with E-state index in [2.05, 4.69) is 5.10 Å². The summed E-state index contributed by atoms with van der Waals surface area (Å²) in [6.07, 6.45) is 0. The van der Waals surface area contributed by atoms with Crippen molar-refractivity contribution in [2.45, 2.75) is 20.9 Å². The quantitative estimate of drug-likeness (QED) is 0.648. The number of rotatable bonds is 1. The highest BCUT2D eigenvalue weighted by Crippen LogP contribution is 1.96. The minimum Gasteiger partial charge on any atom is -0.268 e. The Morgan fingerprint density at radius 3 is 2.73 bits per heavy atom. The normalized spacial score (nSPS) is 8.91. The molecule has 0 aromatic carbocycles.